The van der Waals surface area contributed by atoms with Crippen LogP contribution in [0.3, 0.4) is 0 Å². The topological polar surface area (TPSA) is 79.9 Å². The van der Waals surface area contributed by atoms with E-state index in [4.69, 9.17) is 10.00 Å². The molecule has 1 aromatic heterocycles. The molecule has 19 heavy (non-hydrogen) atoms. The Bertz CT molecular complexity index is 517. The summed E-state index contributed by atoms with van der Waals surface area (Å²) in [6, 6.07) is 2.03. The number of rotatable bonds is 4. The average Bonchev–Trinajstić information content (AvgIpc) is 2.61. The fourth-order valence-corrected chi connectivity index (χ4v) is 1.87. The van der Waals surface area contributed by atoms with Gasteiger partial charge in [-0.25, -0.2) is 4.79 Å². The molecular formula is C12H17BrN4O2. The van der Waals surface area contributed by atoms with Crippen molar-refractivity contribution in [1.29, 1.82) is 5.26 Å². The first-order chi connectivity index (χ1) is 8.80. The van der Waals surface area contributed by atoms with Crippen molar-refractivity contribution in [2.24, 2.45) is 7.05 Å². The van der Waals surface area contributed by atoms with Crippen LogP contribution >= 0.6 is 15.9 Å². The maximum atomic E-state index is 11.6. The molecule has 0 saturated heterocycles. The van der Waals surface area contributed by atoms with Crippen molar-refractivity contribution in [1.82, 2.24) is 15.1 Å². The number of aromatic nitrogens is 2. The molecule has 0 aromatic carbocycles. The van der Waals surface area contributed by atoms with Gasteiger partial charge in [0.25, 0.3) is 0 Å². The highest BCUT2D eigenvalue weighted by Gasteiger charge is 2.21. The number of halogens is 1. The lowest BCUT2D eigenvalue weighted by molar-refractivity contribution is 0.0359. The second kappa shape index (κ2) is 6.06. The van der Waals surface area contributed by atoms with Gasteiger partial charge in [0.1, 0.15) is 11.7 Å². The highest BCUT2D eigenvalue weighted by Crippen LogP contribution is 2.20. The highest BCUT2D eigenvalue weighted by molar-refractivity contribution is 9.10. The van der Waals surface area contributed by atoms with Gasteiger partial charge in [0.05, 0.1) is 16.7 Å². The molecule has 0 bridgehead atoms. The number of aryl methyl sites for hydroxylation is 1. The van der Waals surface area contributed by atoms with Crippen molar-refractivity contribution < 1.29 is 9.53 Å². The standard InChI is InChI=1S/C12H17BrN4O2/c1-5-12(2,3)19-11(18)15-7-8-10(13)9(6-14)17(4)16-8/h5,7H2,1-4H3,(H,15,18). The monoisotopic (exact) mass is 328 g/mol. The Kier molecular flexibility index (Phi) is 4.95. The second-order valence-electron chi connectivity index (χ2n) is 4.70. The zero-order valence-corrected chi connectivity index (χ0v) is 13.0. The molecule has 0 atom stereocenters. The Morgan fingerprint density at radius 3 is 2.74 bits per heavy atom. The second-order valence-corrected chi connectivity index (χ2v) is 5.49. The van der Waals surface area contributed by atoms with E-state index >= 15 is 0 Å². The molecule has 1 amide bonds. The summed E-state index contributed by atoms with van der Waals surface area (Å²) in [5, 5.41) is 15.7. The van der Waals surface area contributed by atoms with Crippen LogP contribution in [0.4, 0.5) is 4.79 Å². The van der Waals surface area contributed by atoms with Gasteiger partial charge < -0.3 is 10.1 Å². The number of nitrogens with one attached hydrogen (secondary N) is 1. The van der Waals surface area contributed by atoms with Gasteiger partial charge in [0, 0.05) is 7.05 Å². The summed E-state index contributed by atoms with van der Waals surface area (Å²) < 4.78 is 7.30. The fourth-order valence-electron chi connectivity index (χ4n) is 1.30. The summed E-state index contributed by atoms with van der Waals surface area (Å²) in [5.74, 6) is 0. The first-order valence-corrected chi connectivity index (χ1v) is 6.68. The Morgan fingerprint density at radius 1 is 1.63 bits per heavy atom. The minimum atomic E-state index is -0.497. The van der Waals surface area contributed by atoms with Crippen LogP contribution in [0.1, 0.15) is 38.6 Å². The maximum absolute atomic E-state index is 11.6. The van der Waals surface area contributed by atoms with Gasteiger partial charge in [-0.2, -0.15) is 10.4 Å². The van der Waals surface area contributed by atoms with E-state index in [0.29, 0.717) is 15.9 Å². The van der Waals surface area contributed by atoms with Crippen molar-refractivity contribution in [2.45, 2.75) is 39.3 Å². The Balaban J connectivity index is 2.64. The molecule has 0 aliphatic carbocycles. The third kappa shape index (κ3) is 3.96. The summed E-state index contributed by atoms with van der Waals surface area (Å²) in [7, 11) is 1.67. The molecular weight excluding hydrogens is 312 g/mol. The first-order valence-electron chi connectivity index (χ1n) is 5.89. The number of carbonyl (C=O) groups excluding carboxylic acids is 1. The quantitative estimate of drug-likeness (QED) is 0.920. The number of amides is 1. The highest BCUT2D eigenvalue weighted by atomic mass is 79.9. The van der Waals surface area contributed by atoms with Crippen molar-refractivity contribution in [3.8, 4) is 6.07 Å². The lowest BCUT2D eigenvalue weighted by Crippen LogP contribution is -2.34. The Hall–Kier alpha value is -1.55. The summed E-state index contributed by atoms with van der Waals surface area (Å²) in [5.41, 5.74) is 0.507. The van der Waals surface area contributed by atoms with Crippen LogP contribution in [0.5, 0.6) is 0 Å². The van der Waals surface area contributed by atoms with Crippen LogP contribution in [0.15, 0.2) is 4.47 Å². The van der Waals surface area contributed by atoms with Crippen molar-refractivity contribution >= 4 is 22.0 Å². The van der Waals surface area contributed by atoms with E-state index in [1.165, 1.54) is 4.68 Å². The predicted octanol–water partition coefficient (Wildman–Crippen LogP) is 2.47. The van der Waals surface area contributed by atoms with Crippen molar-refractivity contribution in [3.63, 3.8) is 0 Å². The lowest BCUT2D eigenvalue weighted by Gasteiger charge is -2.23. The zero-order chi connectivity index (χ0) is 14.6. The predicted molar refractivity (Wildman–Crippen MR) is 73.3 cm³/mol. The maximum Gasteiger partial charge on any atom is 0.407 e. The molecule has 0 radical (unpaired) electrons. The molecule has 1 N–H and O–H groups in total. The van der Waals surface area contributed by atoms with Gasteiger partial charge in [-0.3, -0.25) is 4.68 Å². The number of hydrogen-bond donors (Lipinski definition) is 1. The molecule has 7 heteroatoms. The fraction of sp³-hybridized carbons (Fsp3) is 0.583. The number of nitrogens with zero attached hydrogens (tertiary/aromatic N) is 3. The Morgan fingerprint density at radius 2 is 2.26 bits per heavy atom. The number of nitriles is 1. The Labute approximate surface area is 120 Å². The molecule has 1 aromatic rings. The molecule has 1 rings (SSSR count). The number of ether oxygens (including phenoxy) is 1. The van der Waals surface area contributed by atoms with Gasteiger partial charge >= 0.3 is 6.09 Å². The summed E-state index contributed by atoms with van der Waals surface area (Å²) >= 11 is 3.29. The molecule has 104 valence electrons. The largest absolute Gasteiger partial charge is 0.444 e. The van der Waals surface area contributed by atoms with Gasteiger partial charge in [0.15, 0.2) is 5.69 Å². The van der Waals surface area contributed by atoms with Crippen LogP contribution in [0, 0.1) is 11.3 Å². The van der Waals surface area contributed by atoms with Gasteiger partial charge in [-0.05, 0) is 36.2 Å². The molecule has 0 unspecified atom stereocenters. The van der Waals surface area contributed by atoms with Crippen LogP contribution < -0.4 is 5.32 Å². The SMILES string of the molecule is CCC(C)(C)OC(=O)NCc1nn(C)c(C#N)c1Br. The van der Waals surface area contributed by atoms with E-state index in [0.717, 1.165) is 6.42 Å². The minimum Gasteiger partial charge on any atom is -0.444 e. The molecule has 0 aliphatic heterocycles. The summed E-state index contributed by atoms with van der Waals surface area (Å²) in [6.07, 6.45) is 0.231. The zero-order valence-electron chi connectivity index (χ0n) is 11.5. The van der Waals surface area contributed by atoms with E-state index in [1.807, 2.05) is 26.8 Å². The van der Waals surface area contributed by atoms with Gasteiger partial charge in [-0.1, -0.05) is 6.92 Å². The molecule has 0 saturated carbocycles. The number of carbonyl (C=O) groups is 1. The van der Waals surface area contributed by atoms with Crippen LogP contribution in [-0.2, 0) is 18.3 Å². The van der Waals surface area contributed by atoms with E-state index in [2.05, 4.69) is 26.3 Å². The van der Waals surface area contributed by atoms with Crippen LogP contribution in [0.2, 0.25) is 0 Å². The number of alkyl carbamates (subject to hydrolysis) is 1. The first kappa shape index (κ1) is 15.5. The molecule has 0 fully saturated rings. The van der Waals surface area contributed by atoms with E-state index in [1.54, 1.807) is 7.05 Å². The minimum absolute atomic E-state index is 0.203. The number of hydrogen-bond acceptors (Lipinski definition) is 4. The summed E-state index contributed by atoms with van der Waals surface area (Å²) in [6.45, 7) is 5.84. The molecule has 6 nitrogen and oxygen atoms in total. The van der Waals surface area contributed by atoms with Crippen molar-refractivity contribution in [2.75, 3.05) is 0 Å². The third-order valence-electron chi connectivity index (χ3n) is 2.78. The molecule has 0 spiro atoms. The lowest BCUT2D eigenvalue weighted by atomic mass is 10.1. The smallest absolute Gasteiger partial charge is 0.407 e. The van der Waals surface area contributed by atoms with Crippen molar-refractivity contribution in [3.05, 3.63) is 15.9 Å². The van der Waals surface area contributed by atoms with E-state index in [-0.39, 0.29) is 6.54 Å². The molecule has 0 aliphatic rings. The van der Waals surface area contributed by atoms with Gasteiger partial charge in [0.2, 0.25) is 0 Å². The van der Waals surface area contributed by atoms with E-state index < -0.39 is 11.7 Å². The van der Waals surface area contributed by atoms with Crippen LogP contribution in [-0.4, -0.2) is 21.5 Å². The average molecular weight is 329 g/mol. The summed E-state index contributed by atoms with van der Waals surface area (Å²) in [4.78, 5) is 11.6. The normalized spacial score (nSPS) is 10.9. The molecule has 1 heterocycles. The van der Waals surface area contributed by atoms with Gasteiger partial charge in [-0.15, -0.1) is 0 Å². The third-order valence-corrected chi connectivity index (χ3v) is 3.62. The van der Waals surface area contributed by atoms with Crippen LogP contribution in [0.25, 0.3) is 0 Å². The van der Waals surface area contributed by atoms with E-state index in [9.17, 15) is 4.79 Å².